The van der Waals surface area contributed by atoms with Gasteiger partial charge in [0.25, 0.3) is 0 Å². The number of nitrogens with one attached hydrogen (secondary N) is 2. The average molecular weight is 726 g/mol. The first-order valence-corrected chi connectivity index (χ1v) is 16.5. The minimum absolute atomic E-state index is 0. The Kier molecular flexibility index (Phi) is 12.2. The second-order valence-corrected chi connectivity index (χ2v) is 15.3. The number of rotatable bonds is 10. The van der Waals surface area contributed by atoms with E-state index in [4.69, 9.17) is 9.97 Å². The van der Waals surface area contributed by atoms with E-state index in [1.807, 2.05) is 19.9 Å². The number of allylic oxidation sites excluding steroid dienone is 2. The zero-order valence-corrected chi connectivity index (χ0v) is 32.3. The summed E-state index contributed by atoms with van der Waals surface area (Å²) in [5.41, 5.74) is 15.2. The minimum Gasteiger partial charge on any atom is -1.00 e. The van der Waals surface area contributed by atoms with Crippen LogP contribution in [0.4, 0.5) is 0 Å². The van der Waals surface area contributed by atoms with Gasteiger partial charge in [-0.2, -0.15) is 0 Å². The van der Waals surface area contributed by atoms with E-state index in [1.54, 1.807) is 0 Å². The van der Waals surface area contributed by atoms with Crippen LogP contribution in [-0.2, 0) is 22.4 Å². The SMILES string of the molecule is CC1=C(C[N+](C)(C)C)c2cc3nc(cc4[nH]c(cc5[nH]c(cc1n2)c(C)c5CCC(=O)O)c(CCC(=O)O)c4C)C(C[N+](C)(C)C)=C3C.[Cl-].[Cl-]. The van der Waals surface area contributed by atoms with Gasteiger partial charge >= 0.3 is 11.9 Å². The molecule has 50 heavy (non-hydrogen) atoms. The Morgan fingerprint density at radius 1 is 0.580 bits per heavy atom. The first kappa shape index (κ1) is 40.5. The molecule has 5 heterocycles. The lowest BCUT2D eigenvalue weighted by molar-refractivity contribution is -0.862. The number of aliphatic carboxylic acids is 2. The van der Waals surface area contributed by atoms with Crippen LogP contribution in [0.5, 0.6) is 0 Å². The average Bonchev–Trinajstić information content (AvgIpc) is 3.60. The second-order valence-electron chi connectivity index (χ2n) is 15.3. The van der Waals surface area contributed by atoms with E-state index < -0.39 is 11.9 Å². The molecule has 270 valence electrons. The van der Waals surface area contributed by atoms with Crippen molar-refractivity contribution in [3.63, 3.8) is 0 Å². The molecule has 0 fully saturated rings. The molecule has 0 aliphatic carbocycles. The molecule has 0 atom stereocenters. The summed E-state index contributed by atoms with van der Waals surface area (Å²) in [4.78, 5) is 41.0. The molecule has 0 radical (unpaired) electrons. The van der Waals surface area contributed by atoms with Crippen LogP contribution < -0.4 is 24.8 Å². The molecule has 0 saturated carbocycles. The fourth-order valence-corrected chi connectivity index (χ4v) is 6.67. The Balaban J connectivity index is 0.00000338. The molecule has 2 aliphatic rings. The van der Waals surface area contributed by atoms with Crippen molar-refractivity contribution < 1.29 is 53.6 Å². The zero-order valence-electron chi connectivity index (χ0n) is 30.8. The van der Waals surface area contributed by atoms with E-state index >= 15 is 0 Å². The Hall–Kier alpha value is -3.96. The Morgan fingerprint density at radius 3 is 1.32 bits per heavy atom. The monoisotopic (exact) mass is 724 g/mol. The summed E-state index contributed by atoms with van der Waals surface area (Å²) >= 11 is 0. The van der Waals surface area contributed by atoms with Gasteiger partial charge in [-0.15, -0.1) is 0 Å². The van der Waals surface area contributed by atoms with E-state index in [1.165, 1.54) is 5.57 Å². The summed E-state index contributed by atoms with van der Waals surface area (Å²) in [6.07, 6.45) is 0.695. The third kappa shape index (κ3) is 8.84. The predicted octanol–water partition coefficient (Wildman–Crippen LogP) is 0.248. The maximum Gasteiger partial charge on any atom is 0.303 e. The smallest absolute Gasteiger partial charge is 0.303 e. The number of hydrogen-bond donors (Lipinski definition) is 4. The van der Waals surface area contributed by atoms with Crippen molar-refractivity contribution >= 4 is 56.3 Å². The van der Waals surface area contributed by atoms with Crippen molar-refractivity contribution in [3.05, 3.63) is 69.3 Å². The number of nitrogens with zero attached hydrogens (tertiary/aromatic N) is 4. The number of hydrogen-bond acceptors (Lipinski definition) is 4. The molecule has 0 saturated heterocycles. The highest BCUT2D eigenvalue weighted by Crippen LogP contribution is 2.36. The molecule has 0 spiro atoms. The van der Waals surface area contributed by atoms with Crippen LogP contribution in [0, 0.1) is 13.8 Å². The van der Waals surface area contributed by atoms with Gasteiger partial charge in [0, 0.05) is 46.1 Å². The van der Waals surface area contributed by atoms with Crippen LogP contribution in [-0.4, -0.2) is 106 Å². The number of aryl methyl sites for hydroxylation is 4. The molecular formula is C38H50Cl2N6O4. The molecule has 5 rings (SSSR count). The highest BCUT2D eigenvalue weighted by atomic mass is 35.5. The number of H-pyrrole nitrogens is 2. The Labute approximate surface area is 307 Å². The van der Waals surface area contributed by atoms with Crippen molar-refractivity contribution in [1.29, 1.82) is 0 Å². The maximum absolute atomic E-state index is 11.7. The molecule has 10 nitrogen and oxygen atoms in total. The van der Waals surface area contributed by atoms with Gasteiger partial charge in [0.15, 0.2) is 0 Å². The molecule has 3 aromatic rings. The molecule has 12 heteroatoms. The Bertz CT molecular complexity index is 2060. The lowest BCUT2D eigenvalue weighted by atomic mass is 10.0. The van der Waals surface area contributed by atoms with Crippen molar-refractivity contribution in [3.8, 4) is 0 Å². The van der Waals surface area contributed by atoms with Crippen LogP contribution in [0.1, 0.15) is 71.7 Å². The van der Waals surface area contributed by atoms with Gasteiger partial charge in [0.2, 0.25) is 0 Å². The number of carbonyl (C=O) groups is 2. The predicted molar refractivity (Wildman–Crippen MR) is 193 cm³/mol. The number of carboxylic acid groups (broad SMARTS) is 2. The van der Waals surface area contributed by atoms with E-state index in [2.05, 4.69) is 84.3 Å². The van der Waals surface area contributed by atoms with Gasteiger partial charge in [-0.3, -0.25) is 9.59 Å². The van der Waals surface area contributed by atoms with E-state index in [9.17, 15) is 19.8 Å². The van der Waals surface area contributed by atoms with Crippen LogP contribution in [0.25, 0.3) is 44.4 Å². The number of carboxylic acids is 2. The summed E-state index contributed by atoms with van der Waals surface area (Å²) in [5, 5.41) is 19.2. The Morgan fingerprint density at radius 2 is 0.940 bits per heavy atom. The standard InChI is InChI=1S/C38H48N6O4.2ClH/c1-21-25(11-13-37(45)46)33-18-34-26(12-14-38(47)48)22(2)31(40-34)16-35-28(20-44(8,9)10)24(4)32(42-35)17-36-27(19-43(5,6)7)23(3)30(41-36)15-29(21)39-33;;/h15-18H,11-14,19-20H2,1-10H3,(H2-2,39,40,41,42,45,46,47,48);2*1H. The lowest BCUT2D eigenvalue weighted by Crippen LogP contribution is -3.00. The molecule has 0 unspecified atom stereocenters. The van der Waals surface area contributed by atoms with Gasteiger partial charge in [-0.05, 0) is 98.2 Å². The molecule has 4 N–H and O–H groups in total. The van der Waals surface area contributed by atoms with E-state index in [-0.39, 0.29) is 37.7 Å². The molecular weight excluding hydrogens is 675 g/mol. The van der Waals surface area contributed by atoms with Gasteiger partial charge in [-0.1, -0.05) is 0 Å². The molecule has 8 bridgehead atoms. The van der Waals surface area contributed by atoms with E-state index in [0.717, 1.165) is 106 Å². The third-order valence-corrected chi connectivity index (χ3v) is 9.24. The fourth-order valence-electron chi connectivity index (χ4n) is 6.67. The van der Waals surface area contributed by atoms with Crippen LogP contribution in [0.2, 0.25) is 0 Å². The summed E-state index contributed by atoms with van der Waals surface area (Å²) < 4.78 is 1.47. The second kappa shape index (κ2) is 15.1. The molecule has 3 aromatic heterocycles. The molecule has 2 aliphatic heterocycles. The van der Waals surface area contributed by atoms with Crippen molar-refractivity contribution in [1.82, 2.24) is 19.9 Å². The fraction of sp³-hybridized carbons (Fsp3) is 0.421. The minimum atomic E-state index is -0.861. The topological polar surface area (TPSA) is 132 Å². The number of quaternary nitrogens is 2. The maximum atomic E-state index is 11.7. The summed E-state index contributed by atoms with van der Waals surface area (Å²) in [5.74, 6) is -1.72. The van der Waals surface area contributed by atoms with Crippen molar-refractivity contribution in [2.75, 3.05) is 55.4 Å². The lowest BCUT2D eigenvalue weighted by Gasteiger charge is -2.25. The van der Waals surface area contributed by atoms with Crippen molar-refractivity contribution in [2.45, 2.75) is 53.4 Å². The van der Waals surface area contributed by atoms with E-state index in [0.29, 0.717) is 12.8 Å². The van der Waals surface area contributed by atoms with Gasteiger partial charge < -0.3 is 54.0 Å². The van der Waals surface area contributed by atoms with Gasteiger partial charge in [0.05, 0.1) is 65.1 Å². The summed E-state index contributed by atoms with van der Waals surface area (Å²) in [6.45, 7) is 9.86. The number of likely N-dealkylation sites (N-methyl/N-ethyl adjacent to an activating group) is 2. The largest absolute Gasteiger partial charge is 1.00 e. The van der Waals surface area contributed by atoms with Crippen LogP contribution in [0.15, 0.2) is 24.3 Å². The summed E-state index contributed by atoms with van der Waals surface area (Å²) in [6, 6.07) is 8.28. The van der Waals surface area contributed by atoms with Crippen LogP contribution in [0.3, 0.4) is 0 Å². The molecule has 0 amide bonds. The number of aromatic nitrogens is 4. The normalized spacial score (nSPS) is 13.3. The third-order valence-electron chi connectivity index (χ3n) is 9.24. The quantitative estimate of drug-likeness (QED) is 0.222. The first-order chi connectivity index (χ1) is 22.3. The highest BCUT2D eigenvalue weighted by Gasteiger charge is 2.27. The van der Waals surface area contributed by atoms with Crippen LogP contribution >= 0.6 is 0 Å². The summed E-state index contributed by atoms with van der Waals surface area (Å²) in [7, 11) is 13.0. The number of fused-ring (bicyclic) bond motifs is 8. The zero-order chi connectivity index (χ0) is 35.3. The van der Waals surface area contributed by atoms with Crippen molar-refractivity contribution in [2.24, 2.45) is 0 Å². The van der Waals surface area contributed by atoms with Gasteiger partial charge in [0.1, 0.15) is 13.1 Å². The number of halogens is 2. The molecule has 0 aromatic carbocycles. The number of aromatic amines is 2. The van der Waals surface area contributed by atoms with Gasteiger partial charge in [-0.25, -0.2) is 9.97 Å². The first-order valence-electron chi connectivity index (χ1n) is 16.5. The highest BCUT2D eigenvalue weighted by molar-refractivity contribution is 5.96.